The molecule has 0 atom stereocenters. The number of fused-ring (bicyclic) bond motifs is 1. The van der Waals surface area contributed by atoms with Crippen LogP contribution in [0.2, 0.25) is 0 Å². The molecular weight excluding hydrogens is 252 g/mol. The zero-order valence-electron chi connectivity index (χ0n) is 11.3. The Balaban J connectivity index is 1.86. The number of H-pyrrole nitrogens is 1. The van der Waals surface area contributed by atoms with Gasteiger partial charge in [-0.05, 0) is 24.6 Å². The normalized spacial score (nSPS) is 10.8. The Morgan fingerprint density at radius 2 is 2.15 bits per heavy atom. The lowest BCUT2D eigenvalue weighted by molar-refractivity contribution is 0.0752. The number of carbonyl (C=O) groups is 1. The van der Waals surface area contributed by atoms with Crippen molar-refractivity contribution in [2.24, 2.45) is 0 Å². The smallest absolute Gasteiger partial charge is 0.257 e. The Bertz CT molecular complexity index is 713. The van der Waals surface area contributed by atoms with Crippen molar-refractivity contribution in [3.05, 3.63) is 60.2 Å². The summed E-state index contributed by atoms with van der Waals surface area (Å²) < 4.78 is 4.98. The second kappa shape index (κ2) is 5.25. The zero-order chi connectivity index (χ0) is 13.9. The van der Waals surface area contributed by atoms with E-state index in [1.165, 1.54) is 12.5 Å². The predicted octanol–water partition coefficient (Wildman–Crippen LogP) is 3.42. The van der Waals surface area contributed by atoms with Crippen LogP contribution in [0.5, 0.6) is 0 Å². The molecule has 2 aromatic heterocycles. The van der Waals surface area contributed by atoms with Gasteiger partial charge in [-0.3, -0.25) is 4.79 Å². The molecule has 1 aromatic carbocycles. The number of nitrogens with one attached hydrogen (secondary N) is 1. The summed E-state index contributed by atoms with van der Waals surface area (Å²) in [6.45, 7) is 3.22. The number of aromatic amines is 1. The van der Waals surface area contributed by atoms with Crippen LogP contribution in [-0.2, 0) is 6.54 Å². The molecule has 102 valence electrons. The number of benzene rings is 1. The molecule has 2 heterocycles. The van der Waals surface area contributed by atoms with Crippen molar-refractivity contribution in [1.29, 1.82) is 0 Å². The molecule has 0 saturated carbocycles. The van der Waals surface area contributed by atoms with E-state index in [0.717, 1.165) is 16.5 Å². The number of hydrogen-bond donors (Lipinski definition) is 1. The van der Waals surface area contributed by atoms with Crippen LogP contribution >= 0.6 is 0 Å². The minimum absolute atomic E-state index is 0.00784. The van der Waals surface area contributed by atoms with Gasteiger partial charge >= 0.3 is 0 Å². The first-order chi connectivity index (χ1) is 9.79. The highest BCUT2D eigenvalue weighted by molar-refractivity contribution is 5.94. The van der Waals surface area contributed by atoms with E-state index in [9.17, 15) is 4.79 Å². The highest BCUT2D eigenvalue weighted by atomic mass is 16.3. The van der Waals surface area contributed by atoms with E-state index >= 15 is 0 Å². The number of nitrogens with zero attached hydrogens (tertiary/aromatic N) is 1. The van der Waals surface area contributed by atoms with Crippen LogP contribution in [-0.4, -0.2) is 22.3 Å². The van der Waals surface area contributed by atoms with Gasteiger partial charge < -0.3 is 14.3 Å². The van der Waals surface area contributed by atoms with Crippen molar-refractivity contribution in [2.75, 3.05) is 6.54 Å². The lowest BCUT2D eigenvalue weighted by atomic mass is 10.1. The van der Waals surface area contributed by atoms with E-state index in [1.54, 1.807) is 11.0 Å². The van der Waals surface area contributed by atoms with Crippen molar-refractivity contribution >= 4 is 16.8 Å². The van der Waals surface area contributed by atoms with Gasteiger partial charge in [-0.25, -0.2) is 0 Å². The summed E-state index contributed by atoms with van der Waals surface area (Å²) in [5.41, 5.74) is 2.81. The molecule has 4 heteroatoms. The molecule has 0 aliphatic carbocycles. The monoisotopic (exact) mass is 268 g/mol. The van der Waals surface area contributed by atoms with Gasteiger partial charge in [0.25, 0.3) is 5.91 Å². The first kappa shape index (κ1) is 12.5. The standard InChI is InChI=1S/C16H16N2O2/c1-2-18(16(19)12-7-8-20-11-12)10-13-9-17-15-6-4-3-5-14(13)15/h3-9,11,17H,2,10H2,1H3. The van der Waals surface area contributed by atoms with Gasteiger partial charge in [-0.2, -0.15) is 0 Å². The van der Waals surface area contributed by atoms with E-state index in [0.29, 0.717) is 18.7 Å². The van der Waals surface area contributed by atoms with Crippen LogP contribution in [0.15, 0.2) is 53.5 Å². The molecule has 3 rings (SSSR count). The first-order valence-corrected chi connectivity index (χ1v) is 6.66. The van der Waals surface area contributed by atoms with Crippen LogP contribution in [0.4, 0.5) is 0 Å². The minimum atomic E-state index is -0.00784. The Hall–Kier alpha value is -2.49. The Kier molecular flexibility index (Phi) is 3.29. The second-order valence-electron chi connectivity index (χ2n) is 4.69. The molecule has 0 radical (unpaired) electrons. The molecule has 4 nitrogen and oxygen atoms in total. The molecule has 1 amide bonds. The first-order valence-electron chi connectivity index (χ1n) is 6.66. The van der Waals surface area contributed by atoms with Crippen LogP contribution in [0.25, 0.3) is 10.9 Å². The van der Waals surface area contributed by atoms with Crippen molar-refractivity contribution in [1.82, 2.24) is 9.88 Å². The molecule has 0 unspecified atom stereocenters. The maximum absolute atomic E-state index is 12.4. The highest BCUT2D eigenvalue weighted by Crippen LogP contribution is 2.20. The highest BCUT2D eigenvalue weighted by Gasteiger charge is 2.16. The molecule has 0 aliphatic rings. The third-order valence-electron chi connectivity index (χ3n) is 3.47. The molecule has 20 heavy (non-hydrogen) atoms. The molecule has 0 fully saturated rings. The quantitative estimate of drug-likeness (QED) is 0.788. The van der Waals surface area contributed by atoms with Gasteiger partial charge in [-0.15, -0.1) is 0 Å². The molecule has 0 saturated heterocycles. The summed E-state index contributed by atoms with van der Waals surface area (Å²) in [6.07, 6.45) is 4.98. The average molecular weight is 268 g/mol. The minimum Gasteiger partial charge on any atom is -0.472 e. The fourth-order valence-electron chi connectivity index (χ4n) is 2.36. The van der Waals surface area contributed by atoms with E-state index in [1.807, 2.05) is 31.3 Å². The SMILES string of the molecule is CCN(Cc1c[nH]c2ccccc12)C(=O)c1ccoc1. The summed E-state index contributed by atoms with van der Waals surface area (Å²) in [5.74, 6) is -0.00784. The van der Waals surface area contributed by atoms with Crippen LogP contribution in [0, 0.1) is 0 Å². The lowest BCUT2D eigenvalue weighted by Gasteiger charge is -2.19. The van der Waals surface area contributed by atoms with E-state index in [4.69, 9.17) is 4.42 Å². The number of carbonyl (C=O) groups excluding carboxylic acids is 1. The summed E-state index contributed by atoms with van der Waals surface area (Å²) >= 11 is 0. The van der Waals surface area contributed by atoms with E-state index < -0.39 is 0 Å². The summed E-state index contributed by atoms with van der Waals surface area (Å²) in [6, 6.07) is 9.80. The van der Waals surface area contributed by atoms with Gasteiger partial charge in [0.05, 0.1) is 11.8 Å². The number of furan rings is 1. The van der Waals surface area contributed by atoms with E-state index in [-0.39, 0.29) is 5.91 Å². The molecule has 3 aromatic rings. The van der Waals surface area contributed by atoms with Gasteiger partial charge in [0, 0.05) is 30.2 Å². The topological polar surface area (TPSA) is 49.2 Å². The maximum Gasteiger partial charge on any atom is 0.257 e. The number of amides is 1. The molecule has 0 spiro atoms. The zero-order valence-corrected chi connectivity index (χ0v) is 11.3. The third-order valence-corrected chi connectivity index (χ3v) is 3.47. The van der Waals surface area contributed by atoms with Gasteiger partial charge in [0.15, 0.2) is 0 Å². The van der Waals surface area contributed by atoms with Gasteiger partial charge in [-0.1, -0.05) is 18.2 Å². The predicted molar refractivity (Wildman–Crippen MR) is 77.4 cm³/mol. The fourth-order valence-corrected chi connectivity index (χ4v) is 2.36. The van der Waals surface area contributed by atoms with Crippen molar-refractivity contribution in [3.63, 3.8) is 0 Å². The van der Waals surface area contributed by atoms with Crippen molar-refractivity contribution in [3.8, 4) is 0 Å². The largest absolute Gasteiger partial charge is 0.472 e. The molecule has 1 N–H and O–H groups in total. The number of aromatic nitrogens is 1. The number of rotatable bonds is 4. The second-order valence-corrected chi connectivity index (χ2v) is 4.69. The molecular formula is C16H16N2O2. The van der Waals surface area contributed by atoms with E-state index in [2.05, 4.69) is 11.1 Å². The van der Waals surface area contributed by atoms with Crippen LogP contribution in [0.1, 0.15) is 22.8 Å². The van der Waals surface area contributed by atoms with Crippen molar-refractivity contribution < 1.29 is 9.21 Å². The Morgan fingerprint density at radius 1 is 1.30 bits per heavy atom. The summed E-state index contributed by atoms with van der Waals surface area (Å²) in [7, 11) is 0. The van der Waals surface area contributed by atoms with Crippen LogP contribution in [0.3, 0.4) is 0 Å². The molecule has 0 bridgehead atoms. The Morgan fingerprint density at radius 3 is 2.90 bits per heavy atom. The van der Waals surface area contributed by atoms with Gasteiger partial charge in [0.2, 0.25) is 0 Å². The lowest BCUT2D eigenvalue weighted by Crippen LogP contribution is -2.29. The summed E-state index contributed by atoms with van der Waals surface area (Å²) in [4.78, 5) is 17.4. The van der Waals surface area contributed by atoms with Crippen LogP contribution < -0.4 is 0 Å². The van der Waals surface area contributed by atoms with Crippen molar-refractivity contribution in [2.45, 2.75) is 13.5 Å². The summed E-state index contributed by atoms with van der Waals surface area (Å²) in [5, 5.41) is 1.16. The third kappa shape index (κ3) is 2.20. The van der Waals surface area contributed by atoms with Gasteiger partial charge in [0.1, 0.15) is 6.26 Å². The average Bonchev–Trinajstić information content (AvgIpc) is 3.14. The molecule has 0 aliphatic heterocycles. The number of hydrogen-bond acceptors (Lipinski definition) is 2. The number of para-hydroxylation sites is 1. The Labute approximate surface area is 117 Å². The maximum atomic E-state index is 12.4. The fraction of sp³-hybridized carbons (Fsp3) is 0.188.